The van der Waals surface area contributed by atoms with Crippen LogP contribution in [-0.4, -0.2) is 33.2 Å². The van der Waals surface area contributed by atoms with E-state index in [9.17, 15) is 4.79 Å². The summed E-state index contributed by atoms with van der Waals surface area (Å²) in [5, 5.41) is 2.96. The highest BCUT2D eigenvalue weighted by Gasteiger charge is 2.02. The Balaban J connectivity index is 1.58. The van der Waals surface area contributed by atoms with E-state index in [2.05, 4.69) is 34.5 Å². The summed E-state index contributed by atoms with van der Waals surface area (Å²) >= 11 is 0. The number of amides is 1. The standard InChI is InChI=1S/C20H26N2O2/c1-22(2)18-12-10-17(11-13-18)14-15-21-20(23)9-6-16-24-19-7-4-3-5-8-19/h3-5,7-8,10-13H,6,9,14-16H2,1-2H3,(H,21,23). The summed E-state index contributed by atoms with van der Waals surface area (Å²) in [5.74, 6) is 0.927. The lowest BCUT2D eigenvalue weighted by Crippen LogP contribution is -2.25. The molecule has 0 unspecified atom stereocenters. The lowest BCUT2D eigenvalue weighted by Gasteiger charge is -2.12. The third-order valence-corrected chi connectivity index (χ3v) is 3.75. The van der Waals surface area contributed by atoms with E-state index in [0.29, 0.717) is 19.6 Å². The molecule has 0 aliphatic rings. The number of rotatable bonds is 9. The maximum absolute atomic E-state index is 11.8. The largest absolute Gasteiger partial charge is 0.494 e. The van der Waals surface area contributed by atoms with Gasteiger partial charge >= 0.3 is 0 Å². The minimum Gasteiger partial charge on any atom is -0.494 e. The summed E-state index contributed by atoms with van der Waals surface area (Å²) in [4.78, 5) is 13.9. The monoisotopic (exact) mass is 326 g/mol. The van der Waals surface area contributed by atoms with Crippen molar-refractivity contribution in [3.63, 3.8) is 0 Å². The molecular weight excluding hydrogens is 300 g/mol. The third-order valence-electron chi connectivity index (χ3n) is 3.75. The van der Waals surface area contributed by atoms with Crippen LogP contribution >= 0.6 is 0 Å². The van der Waals surface area contributed by atoms with E-state index in [1.165, 1.54) is 11.3 Å². The van der Waals surface area contributed by atoms with Gasteiger partial charge in [0.1, 0.15) is 5.75 Å². The molecule has 0 aliphatic heterocycles. The van der Waals surface area contributed by atoms with Crippen LogP contribution in [0.1, 0.15) is 18.4 Å². The van der Waals surface area contributed by atoms with Crippen LogP contribution in [0.5, 0.6) is 5.75 Å². The number of carbonyl (C=O) groups excluding carboxylic acids is 1. The zero-order valence-electron chi connectivity index (χ0n) is 14.5. The summed E-state index contributed by atoms with van der Waals surface area (Å²) in [6.07, 6.45) is 2.06. The zero-order valence-corrected chi connectivity index (χ0v) is 14.5. The normalized spacial score (nSPS) is 10.2. The van der Waals surface area contributed by atoms with E-state index in [1.807, 2.05) is 44.4 Å². The number of nitrogens with zero attached hydrogens (tertiary/aromatic N) is 1. The molecule has 1 N–H and O–H groups in total. The summed E-state index contributed by atoms with van der Waals surface area (Å²) in [6.45, 7) is 1.23. The molecule has 24 heavy (non-hydrogen) atoms. The number of benzene rings is 2. The predicted octanol–water partition coefficient (Wildman–Crippen LogP) is 3.27. The Morgan fingerprint density at radius 3 is 2.42 bits per heavy atom. The number of carbonyl (C=O) groups is 1. The molecule has 0 radical (unpaired) electrons. The third kappa shape index (κ3) is 6.32. The maximum atomic E-state index is 11.8. The summed E-state index contributed by atoms with van der Waals surface area (Å²) < 4.78 is 5.58. The Morgan fingerprint density at radius 1 is 1.04 bits per heavy atom. The first-order valence-corrected chi connectivity index (χ1v) is 8.36. The fourth-order valence-electron chi connectivity index (χ4n) is 2.33. The van der Waals surface area contributed by atoms with Crippen LogP contribution in [0.15, 0.2) is 54.6 Å². The van der Waals surface area contributed by atoms with E-state index in [-0.39, 0.29) is 5.91 Å². The molecule has 0 spiro atoms. The van der Waals surface area contributed by atoms with Crippen molar-refractivity contribution < 1.29 is 9.53 Å². The topological polar surface area (TPSA) is 41.6 Å². The van der Waals surface area contributed by atoms with Crippen LogP contribution in [0.2, 0.25) is 0 Å². The van der Waals surface area contributed by atoms with E-state index in [1.54, 1.807) is 0 Å². The van der Waals surface area contributed by atoms with Gasteiger partial charge in [-0.3, -0.25) is 4.79 Å². The van der Waals surface area contributed by atoms with Gasteiger partial charge in [-0.25, -0.2) is 0 Å². The van der Waals surface area contributed by atoms with Crippen molar-refractivity contribution in [2.24, 2.45) is 0 Å². The molecule has 2 aromatic carbocycles. The number of hydrogen-bond acceptors (Lipinski definition) is 3. The van der Waals surface area contributed by atoms with E-state index in [0.717, 1.165) is 18.6 Å². The van der Waals surface area contributed by atoms with Crippen LogP contribution < -0.4 is 15.0 Å². The predicted molar refractivity (Wildman–Crippen MR) is 98.7 cm³/mol. The number of hydrogen-bond donors (Lipinski definition) is 1. The Kier molecular flexibility index (Phi) is 7.15. The van der Waals surface area contributed by atoms with Gasteiger partial charge in [0.2, 0.25) is 5.91 Å². The minimum absolute atomic E-state index is 0.0802. The quantitative estimate of drug-likeness (QED) is 0.719. The second-order valence-electron chi connectivity index (χ2n) is 5.93. The molecule has 0 aliphatic carbocycles. The molecule has 0 saturated heterocycles. The van der Waals surface area contributed by atoms with Crippen molar-refractivity contribution >= 4 is 11.6 Å². The van der Waals surface area contributed by atoms with Gasteiger partial charge in [-0.1, -0.05) is 30.3 Å². The number of ether oxygens (including phenoxy) is 1. The summed E-state index contributed by atoms with van der Waals surface area (Å²) in [5.41, 5.74) is 2.41. The molecule has 0 bridgehead atoms. The Morgan fingerprint density at radius 2 is 1.75 bits per heavy atom. The number of anilines is 1. The molecule has 4 heteroatoms. The Labute approximate surface area is 144 Å². The minimum atomic E-state index is 0.0802. The first kappa shape index (κ1) is 17.9. The van der Waals surface area contributed by atoms with Gasteiger partial charge in [-0.2, -0.15) is 0 Å². The average molecular weight is 326 g/mol. The average Bonchev–Trinajstić information content (AvgIpc) is 2.60. The smallest absolute Gasteiger partial charge is 0.220 e. The molecule has 0 aromatic heterocycles. The van der Waals surface area contributed by atoms with Crippen molar-refractivity contribution in [2.45, 2.75) is 19.3 Å². The maximum Gasteiger partial charge on any atom is 0.220 e. The van der Waals surface area contributed by atoms with E-state index >= 15 is 0 Å². The number of nitrogens with one attached hydrogen (secondary N) is 1. The molecule has 0 saturated carbocycles. The molecule has 0 fully saturated rings. The van der Waals surface area contributed by atoms with Crippen molar-refractivity contribution in [1.82, 2.24) is 5.32 Å². The van der Waals surface area contributed by atoms with Crippen LogP contribution in [0, 0.1) is 0 Å². The van der Waals surface area contributed by atoms with E-state index < -0.39 is 0 Å². The molecule has 1 amide bonds. The molecule has 2 aromatic rings. The fraction of sp³-hybridized carbons (Fsp3) is 0.350. The molecule has 4 nitrogen and oxygen atoms in total. The fourth-order valence-corrected chi connectivity index (χ4v) is 2.33. The van der Waals surface area contributed by atoms with Crippen molar-refractivity contribution in [3.05, 3.63) is 60.2 Å². The molecule has 128 valence electrons. The number of para-hydroxylation sites is 1. The van der Waals surface area contributed by atoms with Crippen molar-refractivity contribution in [2.75, 3.05) is 32.1 Å². The highest BCUT2D eigenvalue weighted by Crippen LogP contribution is 2.12. The first-order chi connectivity index (χ1) is 11.6. The van der Waals surface area contributed by atoms with Gasteiger partial charge in [0.15, 0.2) is 0 Å². The van der Waals surface area contributed by atoms with Gasteiger partial charge in [-0.05, 0) is 42.7 Å². The highest BCUT2D eigenvalue weighted by atomic mass is 16.5. The lowest BCUT2D eigenvalue weighted by atomic mass is 10.1. The van der Waals surface area contributed by atoms with Crippen LogP contribution in [0.25, 0.3) is 0 Å². The van der Waals surface area contributed by atoms with Crippen molar-refractivity contribution in [3.8, 4) is 5.75 Å². The van der Waals surface area contributed by atoms with Crippen LogP contribution in [-0.2, 0) is 11.2 Å². The highest BCUT2D eigenvalue weighted by molar-refractivity contribution is 5.75. The first-order valence-electron chi connectivity index (χ1n) is 8.36. The summed E-state index contributed by atoms with van der Waals surface area (Å²) in [7, 11) is 4.05. The second-order valence-corrected chi connectivity index (χ2v) is 5.93. The Bertz CT molecular complexity index is 609. The van der Waals surface area contributed by atoms with Crippen molar-refractivity contribution in [1.29, 1.82) is 0 Å². The second kappa shape index (κ2) is 9.60. The lowest BCUT2D eigenvalue weighted by molar-refractivity contribution is -0.121. The SMILES string of the molecule is CN(C)c1ccc(CCNC(=O)CCCOc2ccccc2)cc1. The molecule has 2 rings (SSSR count). The molecular formula is C20H26N2O2. The van der Waals surface area contributed by atoms with Gasteiger partial charge in [0.05, 0.1) is 6.61 Å². The van der Waals surface area contributed by atoms with Gasteiger partial charge in [-0.15, -0.1) is 0 Å². The van der Waals surface area contributed by atoms with Crippen LogP contribution in [0.3, 0.4) is 0 Å². The van der Waals surface area contributed by atoms with Gasteiger partial charge in [0, 0.05) is 32.7 Å². The zero-order chi connectivity index (χ0) is 17.2. The summed E-state index contributed by atoms with van der Waals surface area (Å²) in [6, 6.07) is 18.1. The van der Waals surface area contributed by atoms with E-state index in [4.69, 9.17) is 4.74 Å². The Hall–Kier alpha value is -2.49. The van der Waals surface area contributed by atoms with Gasteiger partial charge < -0.3 is 15.0 Å². The van der Waals surface area contributed by atoms with Crippen LogP contribution in [0.4, 0.5) is 5.69 Å². The molecule has 0 atom stereocenters. The van der Waals surface area contributed by atoms with Gasteiger partial charge in [0.25, 0.3) is 0 Å². The molecule has 0 heterocycles.